The zero-order valence-corrected chi connectivity index (χ0v) is 11.6. The highest BCUT2D eigenvalue weighted by atomic mass is 16.5. The minimum atomic E-state index is 0.112. The van der Waals surface area contributed by atoms with E-state index in [9.17, 15) is 4.79 Å². The fourth-order valence-corrected chi connectivity index (χ4v) is 2.43. The van der Waals surface area contributed by atoms with Gasteiger partial charge in [0.1, 0.15) is 0 Å². The summed E-state index contributed by atoms with van der Waals surface area (Å²) < 4.78 is 5.46. The normalized spacial score (nSPS) is 24.1. The number of morpholine rings is 1. The van der Waals surface area contributed by atoms with E-state index >= 15 is 0 Å². The number of nitrogens with zero attached hydrogens (tertiary/aromatic N) is 1. The van der Waals surface area contributed by atoms with Gasteiger partial charge in [-0.15, -0.1) is 0 Å². The van der Waals surface area contributed by atoms with Crippen LogP contribution in [0.25, 0.3) is 0 Å². The van der Waals surface area contributed by atoms with Crippen LogP contribution in [0.2, 0.25) is 0 Å². The molecule has 0 saturated carbocycles. The molecule has 2 atom stereocenters. The standard InChI is InChI=1S/C15H21NO2/c1-10-5-6-14(7-11(10)2)15(17)16-12(3)8-18-9-13(16)4/h5-7,12-13H,8-9H2,1-4H3. The first-order valence-corrected chi connectivity index (χ1v) is 6.48. The summed E-state index contributed by atoms with van der Waals surface area (Å²) in [4.78, 5) is 14.5. The van der Waals surface area contributed by atoms with Crippen LogP contribution in [0, 0.1) is 13.8 Å². The highest BCUT2D eigenvalue weighted by molar-refractivity contribution is 5.95. The smallest absolute Gasteiger partial charge is 0.254 e. The maximum Gasteiger partial charge on any atom is 0.254 e. The molecule has 0 aliphatic carbocycles. The van der Waals surface area contributed by atoms with Crippen molar-refractivity contribution in [2.75, 3.05) is 13.2 Å². The Hall–Kier alpha value is -1.35. The molecule has 1 fully saturated rings. The maximum absolute atomic E-state index is 12.6. The molecule has 2 unspecified atom stereocenters. The number of carbonyl (C=O) groups excluding carboxylic acids is 1. The van der Waals surface area contributed by atoms with Crippen LogP contribution in [0.5, 0.6) is 0 Å². The van der Waals surface area contributed by atoms with Gasteiger partial charge >= 0.3 is 0 Å². The van der Waals surface area contributed by atoms with Gasteiger partial charge < -0.3 is 9.64 Å². The maximum atomic E-state index is 12.6. The SMILES string of the molecule is Cc1ccc(C(=O)N2C(C)COCC2C)cc1C. The number of aryl methyl sites for hydroxylation is 2. The lowest BCUT2D eigenvalue weighted by Gasteiger charge is -2.38. The molecule has 1 aliphatic heterocycles. The van der Waals surface area contributed by atoms with Crippen LogP contribution in [-0.2, 0) is 4.74 Å². The molecule has 1 amide bonds. The molecule has 1 aromatic carbocycles. The van der Waals surface area contributed by atoms with Gasteiger partial charge in [-0.3, -0.25) is 4.79 Å². The van der Waals surface area contributed by atoms with Crippen LogP contribution in [0.4, 0.5) is 0 Å². The summed E-state index contributed by atoms with van der Waals surface area (Å²) in [6, 6.07) is 6.19. The second-order valence-corrected chi connectivity index (χ2v) is 5.25. The lowest BCUT2D eigenvalue weighted by molar-refractivity contribution is -0.0249. The molecule has 1 saturated heterocycles. The van der Waals surface area contributed by atoms with Crippen molar-refractivity contribution in [2.45, 2.75) is 39.8 Å². The van der Waals surface area contributed by atoms with E-state index in [4.69, 9.17) is 4.74 Å². The molecule has 0 spiro atoms. The van der Waals surface area contributed by atoms with Crippen molar-refractivity contribution in [3.8, 4) is 0 Å². The summed E-state index contributed by atoms with van der Waals surface area (Å²) in [6.07, 6.45) is 0. The third kappa shape index (κ3) is 2.41. The summed E-state index contributed by atoms with van der Waals surface area (Å²) in [5, 5.41) is 0. The molecule has 18 heavy (non-hydrogen) atoms. The van der Waals surface area contributed by atoms with Gasteiger partial charge in [0.2, 0.25) is 0 Å². The first-order chi connectivity index (χ1) is 8.50. The van der Waals surface area contributed by atoms with E-state index in [1.54, 1.807) is 0 Å². The minimum absolute atomic E-state index is 0.112. The Labute approximate surface area is 109 Å². The van der Waals surface area contributed by atoms with E-state index in [0.717, 1.165) is 11.1 Å². The molecule has 0 radical (unpaired) electrons. The first kappa shape index (κ1) is 13.1. The van der Waals surface area contributed by atoms with Crippen LogP contribution < -0.4 is 0 Å². The van der Waals surface area contributed by atoms with Gasteiger partial charge in [-0.2, -0.15) is 0 Å². The fourth-order valence-electron chi connectivity index (χ4n) is 2.43. The second-order valence-electron chi connectivity index (χ2n) is 5.25. The van der Waals surface area contributed by atoms with Gasteiger partial charge in [-0.1, -0.05) is 6.07 Å². The second kappa shape index (κ2) is 5.11. The number of carbonyl (C=O) groups is 1. The van der Waals surface area contributed by atoms with Gasteiger partial charge in [-0.05, 0) is 51.0 Å². The Kier molecular flexibility index (Phi) is 3.71. The van der Waals surface area contributed by atoms with Crippen molar-refractivity contribution in [1.29, 1.82) is 0 Å². The van der Waals surface area contributed by atoms with Crippen molar-refractivity contribution < 1.29 is 9.53 Å². The molecule has 98 valence electrons. The van der Waals surface area contributed by atoms with Crippen molar-refractivity contribution in [2.24, 2.45) is 0 Å². The zero-order valence-electron chi connectivity index (χ0n) is 11.6. The summed E-state index contributed by atoms with van der Waals surface area (Å²) in [7, 11) is 0. The van der Waals surface area contributed by atoms with Crippen molar-refractivity contribution >= 4 is 5.91 Å². The molecule has 0 N–H and O–H groups in total. The first-order valence-electron chi connectivity index (χ1n) is 6.48. The summed E-state index contributed by atoms with van der Waals surface area (Å²) >= 11 is 0. The summed E-state index contributed by atoms with van der Waals surface area (Å²) in [5.41, 5.74) is 3.16. The molecule has 3 heteroatoms. The topological polar surface area (TPSA) is 29.5 Å². The molecule has 1 heterocycles. The summed E-state index contributed by atoms with van der Waals surface area (Å²) in [5.74, 6) is 0.112. The zero-order chi connectivity index (χ0) is 13.3. The van der Waals surface area contributed by atoms with Gasteiger partial charge in [-0.25, -0.2) is 0 Å². The Morgan fingerprint density at radius 1 is 1.17 bits per heavy atom. The molecule has 2 rings (SSSR count). The minimum Gasteiger partial charge on any atom is -0.377 e. The van der Waals surface area contributed by atoms with Crippen LogP contribution in [-0.4, -0.2) is 36.1 Å². The van der Waals surface area contributed by atoms with Gasteiger partial charge in [0.05, 0.1) is 25.3 Å². The van der Waals surface area contributed by atoms with Gasteiger partial charge in [0, 0.05) is 5.56 Å². The van der Waals surface area contributed by atoms with Crippen molar-refractivity contribution in [1.82, 2.24) is 4.90 Å². The average Bonchev–Trinajstić information content (AvgIpc) is 2.32. The van der Waals surface area contributed by atoms with E-state index in [0.29, 0.717) is 13.2 Å². The average molecular weight is 247 g/mol. The number of hydrogen-bond donors (Lipinski definition) is 0. The third-order valence-corrected chi connectivity index (χ3v) is 3.66. The van der Waals surface area contributed by atoms with E-state index in [2.05, 4.69) is 6.92 Å². The van der Waals surface area contributed by atoms with Crippen LogP contribution in [0.15, 0.2) is 18.2 Å². The quantitative estimate of drug-likeness (QED) is 0.763. The van der Waals surface area contributed by atoms with E-state index < -0.39 is 0 Å². The monoisotopic (exact) mass is 247 g/mol. The molecule has 0 bridgehead atoms. The number of hydrogen-bond acceptors (Lipinski definition) is 2. The Bertz CT molecular complexity index is 446. The largest absolute Gasteiger partial charge is 0.377 e. The Morgan fingerprint density at radius 3 is 2.33 bits per heavy atom. The molecule has 3 nitrogen and oxygen atoms in total. The molecular weight excluding hydrogens is 226 g/mol. The predicted molar refractivity (Wildman–Crippen MR) is 71.8 cm³/mol. The predicted octanol–water partition coefficient (Wildman–Crippen LogP) is 2.55. The lowest BCUT2D eigenvalue weighted by Crippen LogP contribution is -2.52. The summed E-state index contributed by atoms with van der Waals surface area (Å²) in [6.45, 7) is 9.42. The molecule has 0 aromatic heterocycles. The number of rotatable bonds is 1. The highest BCUT2D eigenvalue weighted by Crippen LogP contribution is 2.18. The molecular formula is C15H21NO2. The third-order valence-electron chi connectivity index (χ3n) is 3.66. The molecule has 1 aliphatic rings. The van der Waals surface area contributed by atoms with Crippen LogP contribution in [0.1, 0.15) is 35.3 Å². The van der Waals surface area contributed by atoms with E-state index in [1.807, 2.05) is 43.9 Å². The number of ether oxygens (including phenoxy) is 1. The van der Waals surface area contributed by atoms with Gasteiger partial charge in [0.15, 0.2) is 0 Å². The highest BCUT2D eigenvalue weighted by Gasteiger charge is 2.30. The lowest BCUT2D eigenvalue weighted by atomic mass is 10.0. The molecule has 1 aromatic rings. The Balaban J connectivity index is 2.26. The van der Waals surface area contributed by atoms with Crippen molar-refractivity contribution in [3.05, 3.63) is 34.9 Å². The van der Waals surface area contributed by atoms with Crippen LogP contribution in [0.3, 0.4) is 0 Å². The number of benzene rings is 1. The fraction of sp³-hybridized carbons (Fsp3) is 0.533. The van der Waals surface area contributed by atoms with Gasteiger partial charge in [0.25, 0.3) is 5.91 Å². The van der Waals surface area contributed by atoms with Crippen LogP contribution >= 0.6 is 0 Å². The van der Waals surface area contributed by atoms with E-state index in [1.165, 1.54) is 5.56 Å². The Morgan fingerprint density at radius 2 is 1.78 bits per heavy atom. The number of amides is 1. The van der Waals surface area contributed by atoms with Crippen molar-refractivity contribution in [3.63, 3.8) is 0 Å². The van der Waals surface area contributed by atoms with E-state index in [-0.39, 0.29) is 18.0 Å².